The molecule has 1 aliphatic rings. The highest BCUT2D eigenvalue weighted by atomic mass is 16.4. The number of aliphatic carboxylic acids is 1. The molecule has 1 aliphatic carbocycles. The van der Waals surface area contributed by atoms with Crippen LogP contribution in [0.5, 0.6) is 0 Å². The first-order chi connectivity index (χ1) is 6.75. The SMILES string of the molecule is CC1(CNC(=O)NC(C)(C)C(=O)O)CC1. The Bertz CT molecular complexity index is 282. The van der Waals surface area contributed by atoms with Gasteiger partial charge in [-0.3, -0.25) is 0 Å². The van der Waals surface area contributed by atoms with E-state index in [0.717, 1.165) is 12.8 Å². The van der Waals surface area contributed by atoms with Crippen LogP contribution in [0.25, 0.3) is 0 Å². The number of nitrogens with one attached hydrogen (secondary N) is 2. The number of hydrogen-bond donors (Lipinski definition) is 3. The molecule has 0 aliphatic heterocycles. The fourth-order valence-electron chi connectivity index (χ4n) is 1.07. The molecule has 2 amide bonds. The van der Waals surface area contributed by atoms with Gasteiger partial charge in [0.15, 0.2) is 0 Å². The molecule has 3 N–H and O–H groups in total. The van der Waals surface area contributed by atoms with Crippen molar-refractivity contribution in [1.82, 2.24) is 10.6 Å². The normalized spacial score (nSPS) is 18.1. The van der Waals surface area contributed by atoms with Crippen LogP contribution < -0.4 is 10.6 Å². The van der Waals surface area contributed by atoms with Gasteiger partial charge in [0.2, 0.25) is 0 Å². The van der Waals surface area contributed by atoms with Crippen molar-refractivity contribution in [2.45, 2.75) is 39.2 Å². The van der Waals surface area contributed by atoms with Crippen LogP contribution in [0.15, 0.2) is 0 Å². The summed E-state index contributed by atoms with van der Waals surface area (Å²) in [5, 5.41) is 13.9. The van der Waals surface area contributed by atoms with Crippen molar-refractivity contribution >= 4 is 12.0 Å². The Balaban J connectivity index is 2.32. The summed E-state index contributed by atoms with van der Waals surface area (Å²) in [6, 6.07) is -0.421. The van der Waals surface area contributed by atoms with Gasteiger partial charge in [-0.1, -0.05) is 6.92 Å². The second-order valence-electron chi connectivity index (χ2n) is 5.05. The maximum atomic E-state index is 11.4. The number of carboxylic acids is 1. The monoisotopic (exact) mass is 214 g/mol. The zero-order valence-corrected chi connectivity index (χ0v) is 9.39. The zero-order valence-electron chi connectivity index (χ0n) is 9.39. The summed E-state index contributed by atoms with van der Waals surface area (Å²) in [6.45, 7) is 5.60. The Morgan fingerprint density at radius 2 is 1.93 bits per heavy atom. The van der Waals surface area contributed by atoms with Gasteiger partial charge in [0.1, 0.15) is 5.54 Å². The van der Waals surface area contributed by atoms with Crippen LogP contribution in [-0.4, -0.2) is 29.2 Å². The number of urea groups is 1. The maximum absolute atomic E-state index is 11.4. The Morgan fingerprint density at radius 1 is 1.40 bits per heavy atom. The lowest BCUT2D eigenvalue weighted by Gasteiger charge is -2.21. The Hall–Kier alpha value is -1.26. The number of carbonyl (C=O) groups excluding carboxylic acids is 1. The predicted octanol–water partition coefficient (Wildman–Crippen LogP) is 0.949. The molecule has 0 aromatic rings. The van der Waals surface area contributed by atoms with Crippen LogP contribution in [0.2, 0.25) is 0 Å². The van der Waals surface area contributed by atoms with Crippen LogP contribution >= 0.6 is 0 Å². The van der Waals surface area contributed by atoms with E-state index < -0.39 is 17.5 Å². The Morgan fingerprint density at radius 3 is 2.33 bits per heavy atom. The summed E-state index contributed by atoms with van der Waals surface area (Å²) in [5.74, 6) is -1.05. The van der Waals surface area contributed by atoms with Crippen molar-refractivity contribution in [1.29, 1.82) is 0 Å². The molecule has 1 fully saturated rings. The highest BCUT2D eigenvalue weighted by Crippen LogP contribution is 2.43. The Kier molecular flexibility index (Phi) is 2.93. The average Bonchev–Trinajstić information content (AvgIpc) is 2.80. The van der Waals surface area contributed by atoms with Gasteiger partial charge in [0.05, 0.1) is 0 Å². The van der Waals surface area contributed by atoms with E-state index in [4.69, 9.17) is 5.11 Å². The molecule has 86 valence electrons. The van der Waals surface area contributed by atoms with Gasteiger partial charge in [0.25, 0.3) is 0 Å². The minimum Gasteiger partial charge on any atom is -0.480 e. The zero-order chi connectivity index (χ0) is 11.7. The molecule has 0 bridgehead atoms. The molecule has 0 heterocycles. The Labute approximate surface area is 89.2 Å². The van der Waals surface area contributed by atoms with Crippen molar-refractivity contribution in [3.05, 3.63) is 0 Å². The van der Waals surface area contributed by atoms with E-state index in [1.807, 2.05) is 0 Å². The highest BCUT2D eigenvalue weighted by Gasteiger charge is 2.37. The summed E-state index contributed by atoms with van der Waals surface area (Å²) in [4.78, 5) is 22.1. The largest absolute Gasteiger partial charge is 0.480 e. The molecule has 0 unspecified atom stereocenters. The minimum absolute atomic E-state index is 0.227. The fourth-order valence-corrected chi connectivity index (χ4v) is 1.07. The standard InChI is InChI=1S/C10H18N2O3/c1-9(2,7(13)14)12-8(15)11-6-10(3)4-5-10/h4-6H2,1-3H3,(H,13,14)(H2,11,12,15). The number of carbonyl (C=O) groups is 2. The van der Waals surface area contributed by atoms with Gasteiger partial charge >= 0.3 is 12.0 Å². The second kappa shape index (κ2) is 3.72. The van der Waals surface area contributed by atoms with Gasteiger partial charge in [-0.25, -0.2) is 9.59 Å². The van der Waals surface area contributed by atoms with E-state index in [1.165, 1.54) is 13.8 Å². The van der Waals surface area contributed by atoms with E-state index >= 15 is 0 Å². The smallest absolute Gasteiger partial charge is 0.328 e. The third-order valence-electron chi connectivity index (χ3n) is 2.74. The molecule has 0 atom stereocenters. The van der Waals surface area contributed by atoms with E-state index in [9.17, 15) is 9.59 Å². The van der Waals surface area contributed by atoms with E-state index in [1.54, 1.807) is 0 Å². The van der Waals surface area contributed by atoms with E-state index in [0.29, 0.717) is 6.54 Å². The molecule has 0 spiro atoms. The minimum atomic E-state index is -1.23. The van der Waals surface area contributed by atoms with Crippen molar-refractivity contribution in [3.8, 4) is 0 Å². The second-order valence-corrected chi connectivity index (χ2v) is 5.05. The van der Waals surface area contributed by atoms with Crippen molar-refractivity contribution < 1.29 is 14.7 Å². The van der Waals surface area contributed by atoms with Gasteiger partial charge in [-0.05, 0) is 32.1 Å². The lowest BCUT2D eigenvalue weighted by atomic mass is 10.1. The summed E-state index contributed by atoms with van der Waals surface area (Å²) < 4.78 is 0. The highest BCUT2D eigenvalue weighted by molar-refractivity contribution is 5.85. The van der Waals surface area contributed by atoms with Gasteiger partial charge in [-0.15, -0.1) is 0 Å². The number of amides is 2. The van der Waals surface area contributed by atoms with Crippen molar-refractivity contribution in [2.24, 2.45) is 5.41 Å². The summed E-state index contributed by atoms with van der Waals surface area (Å²) >= 11 is 0. The molecular weight excluding hydrogens is 196 g/mol. The molecule has 0 saturated heterocycles. The molecular formula is C10H18N2O3. The predicted molar refractivity (Wildman–Crippen MR) is 55.6 cm³/mol. The van der Waals surface area contributed by atoms with Crippen LogP contribution in [0.3, 0.4) is 0 Å². The number of carboxylic acid groups (broad SMARTS) is 1. The van der Waals surface area contributed by atoms with Gasteiger partial charge in [-0.2, -0.15) is 0 Å². The van der Waals surface area contributed by atoms with Gasteiger partial charge < -0.3 is 15.7 Å². The molecule has 0 aromatic carbocycles. The summed E-state index contributed by atoms with van der Waals surface area (Å²) in [6.07, 6.45) is 2.24. The fraction of sp³-hybridized carbons (Fsp3) is 0.800. The molecule has 15 heavy (non-hydrogen) atoms. The van der Waals surface area contributed by atoms with Crippen LogP contribution in [0.1, 0.15) is 33.6 Å². The molecule has 5 heteroatoms. The first-order valence-corrected chi connectivity index (χ1v) is 5.05. The first kappa shape index (κ1) is 11.8. The summed E-state index contributed by atoms with van der Waals surface area (Å²) in [7, 11) is 0. The van der Waals surface area contributed by atoms with Crippen LogP contribution in [-0.2, 0) is 4.79 Å². The number of rotatable bonds is 4. The number of hydrogen-bond acceptors (Lipinski definition) is 2. The lowest BCUT2D eigenvalue weighted by Crippen LogP contribution is -2.53. The van der Waals surface area contributed by atoms with Crippen molar-refractivity contribution in [2.75, 3.05) is 6.54 Å². The molecule has 1 saturated carbocycles. The van der Waals surface area contributed by atoms with E-state index in [-0.39, 0.29) is 5.41 Å². The lowest BCUT2D eigenvalue weighted by molar-refractivity contribution is -0.142. The van der Waals surface area contributed by atoms with Crippen molar-refractivity contribution in [3.63, 3.8) is 0 Å². The third kappa shape index (κ3) is 3.42. The molecule has 0 radical (unpaired) electrons. The van der Waals surface area contributed by atoms with E-state index in [2.05, 4.69) is 17.6 Å². The molecule has 5 nitrogen and oxygen atoms in total. The topological polar surface area (TPSA) is 78.4 Å². The molecule has 0 aromatic heterocycles. The molecule has 1 rings (SSSR count). The average molecular weight is 214 g/mol. The van der Waals surface area contributed by atoms with Crippen LogP contribution in [0, 0.1) is 5.41 Å². The summed E-state index contributed by atoms with van der Waals surface area (Å²) in [5.41, 5.74) is -1.00. The maximum Gasteiger partial charge on any atom is 0.328 e. The third-order valence-corrected chi connectivity index (χ3v) is 2.74. The quantitative estimate of drug-likeness (QED) is 0.652. The first-order valence-electron chi connectivity index (χ1n) is 5.05. The van der Waals surface area contributed by atoms with Crippen LogP contribution in [0.4, 0.5) is 4.79 Å². The van der Waals surface area contributed by atoms with Gasteiger partial charge in [0, 0.05) is 6.54 Å².